The minimum atomic E-state index is -0.129. The molecule has 4 aromatic rings. The van der Waals surface area contributed by atoms with Crippen molar-refractivity contribution < 1.29 is 0 Å². The lowest BCUT2D eigenvalue weighted by Crippen LogP contribution is -2.24. The van der Waals surface area contributed by atoms with E-state index < -0.39 is 0 Å². The molecule has 0 aromatic carbocycles. The van der Waals surface area contributed by atoms with Crippen LogP contribution in [0.3, 0.4) is 0 Å². The van der Waals surface area contributed by atoms with E-state index in [0.717, 1.165) is 29.5 Å². The summed E-state index contributed by atoms with van der Waals surface area (Å²) in [5.74, 6) is 0.660. The Morgan fingerprint density at radius 3 is 3.12 bits per heavy atom. The molecule has 0 N–H and O–H groups in total. The first-order chi connectivity index (χ1) is 12.6. The zero-order chi connectivity index (χ0) is 17.8. The van der Waals surface area contributed by atoms with Crippen LogP contribution in [0.25, 0.3) is 15.2 Å². The van der Waals surface area contributed by atoms with Gasteiger partial charge in [0, 0.05) is 22.5 Å². The van der Waals surface area contributed by atoms with Crippen molar-refractivity contribution in [3.8, 4) is 0 Å². The molecule has 0 saturated heterocycles. The van der Waals surface area contributed by atoms with Gasteiger partial charge in [-0.3, -0.25) is 18.6 Å². The number of hydrogen-bond donors (Lipinski definition) is 0. The summed E-state index contributed by atoms with van der Waals surface area (Å²) in [5, 5.41) is 2.58. The van der Waals surface area contributed by atoms with E-state index in [9.17, 15) is 9.59 Å². The first-order valence-electron chi connectivity index (χ1n) is 8.55. The second-order valence-electron chi connectivity index (χ2n) is 6.85. The maximum absolute atomic E-state index is 13.1. The average Bonchev–Trinajstić information content (AvgIpc) is 3.21. The fraction of sp³-hybridized carbons (Fsp3) is 0.333. The Morgan fingerprint density at radius 1 is 1.35 bits per heavy atom. The fourth-order valence-electron chi connectivity index (χ4n) is 3.62. The number of rotatable bonds is 2. The molecule has 0 bridgehead atoms. The van der Waals surface area contributed by atoms with Gasteiger partial charge in [-0.05, 0) is 30.7 Å². The summed E-state index contributed by atoms with van der Waals surface area (Å²) in [6.07, 6.45) is 6.37. The smallest absolute Gasteiger partial charge is 0.262 e. The molecule has 0 radical (unpaired) electrons. The lowest BCUT2D eigenvalue weighted by Gasteiger charge is -2.17. The predicted octanol–water partition coefficient (Wildman–Crippen LogP) is 2.70. The Morgan fingerprint density at radius 2 is 2.23 bits per heavy atom. The number of thiazole rings is 1. The number of fused-ring (bicyclic) bond motifs is 4. The average molecular weight is 384 g/mol. The van der Waals surface area contributed by atoms with Crippen LogP contribution in [0.4, 0.5) is 0 Å². The zero-order valence-corrected chi connectivity index (χ0v) is 15.8. The van der Waals surface area contributed by atoms with Gasteiger partial charge in [-0.1, -0.05) is 6.92 Å². The summed E-state index contributed by atoms with van der Waals surface area (Å²) in [5.41, 5.74) is 1.60. The molecule has 0 aliphatic heterocycles. The summed E-state index contributed by atoms with van der Waals surface area (Å²) in [6.45, 7) is 2.51. The van der Waals surface area contributed by atoms with E-state index in [0.29, 0.717) is 16.6 Å². The molecule has 4 heterocycles. The van der Waals surface area contributed by atoms with Crippen LogP contribution in [0.1, 0.15) is 29.5 Å². The van der Waals surface area contributed by atoms with E-state index >= 15 is 0 Å². The zero-order valence-electron chi connectivity index (χ0n) is 14.1. The Bertz CT molecular complexity index is 1260. The van der Waals surface area contributed by atoms with Gasteiger partial charge in [-0.25, -0.2) is 9.97 Å². The van der Waals surface area contributed by atoms with Gasteiger partial charge in [0.05, 0.1) is 24.0 Å². The van der Waals surface area contributed by atoms with E-state index in [-0.39, 0.29) is 17.7 Å². The SMILES string of the molecule is C[C@@H]1CCc2c(sc3ncn(Cc4cc(=O)n5ccsc5n4)c(=O)c23)C1. The normalized spacial score (nSPS) is 17.0. The third-order valence-electron chi connectivity index (χ3n) is 4.97. The lowest BCUT2D eigenvalue weighted by molar-refractivity contribution is 0.509. The first-order valence-corrected chi connectivity index (χ1v) is 10.3. The second-order valence-corrected chi connectivity index (χ2v) is 8.81. The minimum Gasteiger partial charge on any atom is -0.293 e. The van der Waals surface area contributed by atoms with Crippen molar-refractivity contribution in [2.45, 2.75) is 32.7 Å². The highest BCUT2D eigenvalue weighted by molar-refractivity contribution is 7.18. The maximum atomic E-state index is 13.1. The van der Waals surface area contributed by atoms with Gasteiger partial charge in [0.2, 0.25) is 0 Å². The van der Waals surface area contributed by atoms with Crippen LogP contribution < -0.4 is 11.1 Å². The van der Waals surface area contributed by atoms with Crippen LogP contribution in [0, 0.1) is 5.92 Å². The Kier molecular flexibility index (Phi) is 3.58. The van der Waals surface area contributed by atoms with E-state index in [4.69, 9.17) is 0 Å². The van der Waals surface area contributed by atoms with E-state index in [1.165, 1.54) is 32.2 Å². The molecule has 1 aliphatic carbocycles. The van der Waals surface area contributed by atoms with Gasteiger partial charge < -0.3 is 0 Å². The van der Waals surface area contributed by atoms with Crippen molar-refractivity contribution in [2.75, 3.05) is 0 Å². The lowest BCUT2D eigenvalue weighted by atomic mass is 9.89. The molecule has 8 heteroatoms. The summed E-state index contributed by atoms with van der Waals surface area (Å²) in [7, 11) is 0. The minimum absolute atomic E-state index is 0.0322. The first kappa shape index (κ1) is 15.9. The maximum Gasteiger partial charge on any atom is 0.262 e. The predicted molar refractivity (Wildman–Crippen MR) is 104 cm³/mol. The largest absolute Gasteiger partial charge is 0.293 e. The van der Waals surface area contributed by atoms with Crippen LogP contribution in [-0.4, -0.2) is 18.9 Å². The highest BCUT2D eigenvalue weighted by atomic mass is 32.1. The third kappa shape index (κ3) is 2.44. The van der Waals surface area contributed by atoms with Gasteiger partial charge in [0.1, 0.15) is 4.83 Å². The molecule has 26 heavy (non-hydrogen) atoms. The molecule has 0 saturated carbocycles. The van der Waals surface area contributed by atoms with Crippen molar-refractivity contribution in [3.05, 3.63) is 60.8 Å². The molecule has 5 rings (SSSR count). The molecule has 0 fully saturated rings. The number of aryl methyl sites for hydroxylation is 1. The summed E-state index contributed by atoms with van der Waals surface area (Å²) in [6, 6.07) is 1.49. The molecule has 4 aromatic heterocycles. The molecule has 1 atom stereocenters. The molecule has 1 aliphatic rings. The number of nitrogens with zero attached hydrogens (tertiary/aromatic N) is 4. The van der Waals surface area contributed by atoms with Crippen LogP contribution in [0.2, 0.25) is 0 Å². The Hall–Kier alpha value is -2.32. The van der Waals surface area contributed by atoms with E-state index in [2.05, 4.69) is 16.9 Å². The van der Waals surface area contributed by atoms with Crippen LogP contribution in [0.5, 0.6) is 0 Å². The highest BCUT2D eigenvalue weighted by Crippen LogP contribution is 2.35. The molecular formula is C18H16N4O2S2. The van der Waals surface area contributed by atoms with Crippen molar-refractivity contribution in [2.24, 2.45) is 5.92 Å². The van der Waals surface area contributed by atoms with Crippen molar-refractivity contribution >= 4 is 37.9 Å². The third-order valence-corrected chi connectivity index (χ3v) is 6.89. The monoisotopic (exact) mass is 384 g/mol. The van der Waals surface area contributed by atoms with Gasteiger partial charge in [0.15, 0.2) is 4.96 Å². The molecular weight excluding hydrogens is 368 g/mol. The number of thiophene rings is 1. The van der Waals surface area contributed by atoms with Crippen LogP contribution in [0.15, 0.2) is 33.6 Å². The van der Waals surface area contributed by atoms with Gasteiger partial charge >= 0.3 is 0 Å². The summed E-state index contributed by atoms with van der Waals surface area (Å²) in [4.78, 5) is 37.0. The van der Waals surface area contributed by atoms with Crippen LogP contribution >= 0.6 is 22.7 Å². The van der Waals surface area contributed by atoms with Crippen molar-refractivity contribution in [3.63, 3.8) is 0 Å². The summed E-state index contributed by atoms with van der Waals surface area (Å²) >= 11 is 3.05. The molecule has 6 nitrogen and oxygen atoms in total. The Balaban J connectivity index is 1.61. The molecule has 0 spiro atoms. The summed E-state index contributed by atoms with van der Waals surface area (Å²) < 4.78 is 3.08. The highest BCUT2D eigenvalue weighted by Gasteiger charge is 2.23. The standard InChI is InChI=1S/C18H16N4O2S2/c1-10-2-3-12-13(6-10)26-16-15(12)17(24)21(9-19-16)8-11-7-14(23)22-4-5-25-18(22)20-11/h4-5,7,9-10H,2-3,6,8H2,1H3/t10-/m1/s1. The van der Waals surface area contributed by atoms with E-state index in [1.807, 2.05) is 5.38 Å². The molecule has 0 unspecified atom stereocenters. The Labute approximate surface area is 156 Å². The topological polar surface area (TPSA) is 69.3 Å². The molecule has 0 amide bonds. The van der Waals surface area contributed by atoms with Crippen molar-refractivity contribution in [1.29, 1.82) is 0 Å². The second kappa shape index (κ2) is 5.85. The van der Waals surface area contributed by atoms with E-state index in [1.54, 1.807) is 28.4 Å². The van der Waals surface area contributed by atoms with Gasteiger partial charge in [-0.2, -0.15) is 0 Å². The van der Waals surface area contributed by atoms with Gasteiger partial charge in [0.25, 0.3) is 11.1 Å². The quantitative estimate of drug-likeness (QED) is 0.533. The van der Waals surface area contributed by atoms with Crippen LogP contribution in [-0.2, 0) is 19.4 Å². The number of hydrogen-bond acceptors (Lipinski definition) is 6. The van der Waals surface area contributed by atoms with Crippen molar-refractivity contribution in [1.82, 2.24) is 18.9 Å². The van der Waals surface area contributed by atoms with Gasteiger partial charge in [-0.15, -0.1) is 22.7 Å². The fourth-order valence-corrected chi connectivity index (χ4v) is 5.70. The molecule has 132 valence electrons. The number of aromatic nitrogens is 4.